The van der Waals surface area contributed by atoms with Gasteiger partial charge in [0, 0.05) is 16.3 Å². The van der Waals surface area contributed by atoms with Crippen LogP contribution in [0.15, 0.2) is 42.5 Å². The van der Waals surface area contributed by atoms with Crippen LogP contribution >= 0.6 is 11.6 Å². The molecule has 4 nitrogen and oxygen atoms in total. The van der Waals surface area contributed by atoms with Gasteiger partial charge in [-0.05, 0) is 42.5 Å². The van der Waals surface area contributed by atoms with Gasteiger partial charge >= 0.3 is 0 Å². The van der Waals surface area contributed by atoms with Gasteiger partial charge in [0.25, 0.3) is 0 Å². The monoisotopic (exact) mass is 261 g/mol. The number of carbonyl (C=O) groups is 1. The van der Waals surface area contributed by atoms with Crippen molar-refractivity contribution in [2.24, 2.45) is 5.73 Å². The molecule has 18 heavy (non-hydrogen) atoms. The second-order valence-electron chi connectivity index (χ2n) is 3.80. The first-order valence-electron chi connectivity index (χ1n) is 5.28. The number of primary amides is 1. The van der Waals surface area contributed by atoms with Crippen LogP contribution in [0.3, 0.4) is 0 Å². The van der Waals surface area contributed by atoms with Crippen LogP contribution in [0.2, 0.25) is 5.02 Å². The third-order valence-electron chi connectivity index (χ3n) is 2.46. The van der Waals surface area contributed by atoms with Crippen LogP contribution in [0.4, 0.5) is 17.1 Å². The van der Waals surface area contributed by atoms with Crippen molar-refractivity contribution < 1.29 is 4.79 Å². The molecule has 0 radical (unpaired) electrons. The molecule has 0 aliphatic carbocycles. The Balaban J connectivity index is 2.24. The molecule has 5 N–H and O–H groups in total. The number of halogens is 1. The summed E-state index contributed by atoms with van der Waals surface area (Å²) in [4.78, 5) is 11.0. The summed E-state index contributed by atoms with van der Waals surface area (Å²) >= 11 is 5.80. The number of nitrogens with two attached hydrogens (primary N) is 2. The highest BCUT2D eigenvalue weighted by Crippen LogP contribution is 2.24. The summed E-state index contributed by atoms with van der Waals surface area (Å²) in [5.74, 6) is -0.500. The van der Waals surface area contributed by atoms with Gasteiger partial charge in [-0.1, -0.05) is 11.6 Å². The lowest BCUT2D eigenvalue weighted by Crippen LogP contribution is -2.11. The zero-order chi connectivity index (χ0) is 13.1. The molecule has 0 spiro atoms. The van der Waals surface area contributed by atoms with Crippen LogP contribution < -0.4 is 16.8 Å². The average molecular weight is 262 g/mol. The zero-order valence-electron chi connectivity index (χ0n) is 9.48. The van der Waals surface area contributed by atoms with Gasteiger partial charge in [-0.2, -0.15) is 0 Å². The van der Waals surface area contributed by atoms with Crippen LogP contribution in [0.25, 0.3) is 0 Å². The molecule has 2 aromatic carbocycles. The van der Waals surface area contributed by atoms with E-state index in [-0.39, 0.29) is 0 Å². The van der Waals surface area contributed by atoms with Gasteiger partial charge in [-0.15, -0.1) is 0 Å². The summed E-state index contributed by atoms with van der Waals surface area (Å²) in [5, 5.41) is 3.79. The lowest BCUT2D eigenvalue weighted by molar-refractivity contribution is 0.100. The van der Waals surface area contributed by atoms with Crippen molar-refractivity contribution in [2.75, 3.05) is 11.1 Å². The number of amides is 1. The topological polar surface area (TPSA) is 81.1 Å². The number of benzene rings is 2. The summed E-state index contributed by atoms with van der Waals surface area (Å²) in [6, 6.07) is 12.1. The molecule has 0 heterocycles. The Labute approximate surface area is 110 Å². The Kier molecular flexibility index (Phi) is 3.39. The first-order chi connectivity index (χ1) is 8.56. The van der Waals surface area contributed by atoms with Crippen LogP contribution in [0.5, 0.6) is 0 Å². The van der Waals surface area contributed by atoms with Crippen LogP contribution in [-0.2, 0) is 0 Å². The quantitative estimate of drug-likeness (QED) is 0.743. The molecule has 0 aliphatic heterocycles. The van der Waals surface area contributed by atoms with Crippen molar-refractivity contribution >= 4 is 34.6 Å². The predicted molar refractivity (Wildman–Crippen MR) is 74.1 cm³/mol. The van der Waals surface area contributed by atoms with E-state index in [4.69, 9.17) is 23.1 Å². The number of carbonyl (C=O) groups excluding carboxylic acids is 1. The summed E-state index contributed by atoms with van der Waals surface area (Å²) in [6.45, 7) is 0. The molecular formula is C13H12ClN3O. The SMILES string of the molecule is NC(=O)c1ccc(Nc2ccc(Cl)cc2)c(N)c1. The smallest absolute Gasteiger partial charge is 0.248 e. The van der Waals surface area contributed by atoms with Crippen molar-refractivity contribution in [3.05, 3.63) is 53.1 Å². The second-order valence-corrected chi connectivity index (χ2v) is 4.23. The Morgan fingerprint density at radius 3 is 2.33 bits per heavy atom. The van der Waals surface area contributed by atoms with Gasteiger partial charge in [-0.3, -0.25) is 4.79 Å². The molecule has 92 valence electrons. The molecule has 0 unspecified atom stereocenters. The number of anilines is 3. The van der Waals surface area contributed by atoms with Gasteiger partial charge in [0.15, 0.2) is 0 Å². The van der Waals surface area contributed by atoms with Crippen molar-refractivity contribution in [2.45, 2.75) is 0 Å². The molecule has 0 atom stereocenters. The third kappa shape index (κ3) is 2.73. The van der Waals surface area contributed by atoms with E-state index in [0.29, 0.717) is 22.0 Å². The van der Waals surface area contributed by atoms with E-state index in [1.807, 2.05) is 12.1 Å². The molecule has 0 bridgehead atoms. The number of hydrogen-bond acceptors (Lipinski definition) is 3. The summed E-state index contributed by atoms with van der Waals surface area (Å²) < 4.78 is 0. The van der Waals surface area contributed by atoms with Crippen molar-refractivity contribution in [3.8, 4) is 0 Å². The van der Waals surface area contributed by atoms with Gasteiger partial charge in [0.2, 0.25) is 5.91 Å². The zero-order valence-corrected chi connectivity index (χ0v) is 10.2. The van der Waals surface area contributed by atoms with Crippen molar-refractivity contribution in [1.29, 1.82) is 0 Å². The molecule has 2 rings (SSSR count). The number of nitrogen functional groups attached to an aromatic ring is 1. The van der Waals surface area contributed by atoms with E-state index >= 15 is 0 Å². The minimum absolute atomic E-state index is 0.383. The maximum Gasteiger partial charge on any atom is 0.248 e. The fraction of sp³-hybridized carbons (Fsp3) is 0. The van der Waals surface area contributed by atoms with E-state index < -0.39 is 5.91 Å². The normalized spacial score (nSPS) is 10.1. The van der Waals surface area contributed by atoms with Gasteiger partial charge < -0.3 is 16.8 Å². The Morgan fingerprint density at radius 1 is 1.11 bits per heavy atom. The summed E-state index contributed by atoms with van der Waals surface area (Å²) in [7, 11) is 0. The van der Waals surface area contributed by atoms with E-state index in [1.165, 1.54) is 0 Å². The molecule has 1 amide bonds. The van der Waals surface area contributed by atoms with Gasteiger partial charge in [-0.25, -0.2) is 0 Å². The minimum Gasteiger partial charge on any atom is -0.397 e. The Morgan fingerprint density at radius 2 is 1.78 bits per heavy atom. The molecule has 0 saturated heterocycles. The van der Waals surface area contributed by atoms with Crippen molar-refractivity contribution in [3.63, 3.8) is 0 Å². The lowest BCUT2D eigenvalue weighted by Gasteiger charge is -2.10. The van der Waals surface area contributed by atoms with Gasteiger partial charge in [0.1, 0.15) is 0 Å². The number of nitrogens with one attached hydrogen (secondary N) is 1. The Hall–Kier alpha value is -2.20. The fourth-order valence-electron chi connectivity index (χ4n) is 1.52. The first-order valence-corrected chi connectivity index (χ1v) is 5.66. The summed E-state index contributed by atoms with van der Waals surface area (Å²) in [5.41, 5.74) is 13.4. The standard InChI is InChI=1S/C13H12ClN3O/c14-9-2-4-10(5-3-9)17-12-6-1-8(13(16)18)7-11(12)15/h1-7,17H,15H2,(H2,16,18). The molecule has 0 fully saturated rings. The van der Waals surface area contributed by atoms with E-state index in [0.717, 1.165) is 5.69 Å². The van der Waals surface area contributed by atoms with E-state index in [2.05, 4.69) is 5.32 Å². The van der Waals surface area contributed by atoms with E-state index in [9.17, 15) is 4.79 Å². The van der Waals surface area contributed by atoms with Crippen LogP contribution in [0.1, 0.15) is 10.4 Å². The Bertz CT molecular complexity index is 581. The van der Waals surface area contributed by atoms with Crippen LogP contribution in [0, 0.1) is 0 Å². The molecule has 0 aromatic heterocycles. The minimum atomic E-state index is -0.500. The highest BCUT2D eigenvalue weighted by Gasteiger charge is 2.05. The molecule has 2 aromatic rings. The number of hydrogen-bond donors (Lipinski definition) is 3. The average Bonchev–Trinajstić information content (AvgIpc) is 2.34. The highest BCUT2D eigenvalue weighted by atomic mass is 35.5. The van der Waals surface area contributed by atoms with Crippen molar-refractivity contribution in [1.82, 2.24) is 0 Å². The largest absolute Gasteiger partial charge is 0.397 e. The maximum absolute atomic E-state index is 11.0. The molecule has 0 aliphatic rings. The molecule has 5 heteroatoms. The second kappa shape index (κ2) is 4.98. The lowest BCUT2D eigenvalue weighted by atomic mass is 10.1. The van der Waals surface area contributed by atoms with E-state index in [1.54, 1.807) is 30.3 Å². The fourth-order valence-corrected chi connectivity index (χ4v) is 1.64. The first kappa shape index (κ1) is 12.3. The van der Waals surface area contributed by atoms with Crippen LogP contribution in [-0.4, -0.2) is 5.91 Å². The maximum atomic E-state index is 11.0. The summed E-state index contributed by atoms with van der Waals surface area (Å²) in [6.07, 6.45) is 0. The van der Waals surface area contributed by atoms with Gasteiger partial charge in [0.05, 0.1) is 11.4 Å². The highest BCUT2D eigenvalue weighted by molar-refractivity contribution is 6.30. The number of rotatable bonds is 3. The molecular weight excluding hydrogens is 250 g/mol. The molecule has 0 saturated carbocycles. The predicted octanol–water partition coefficient (Wildman–Crippen LogP) is 2.76. The third-order valence-corrected chi connectivity index (χ3v) is 2.71.